The van der Waals surface area contributed by atoms with Gasteiger partial charge >= 0.3 is 0 Å². The summed E-state index contributed by atoms with van der Waals surface area (Å²) in [5.41, 5.74) is 1.15. The first-order valence-electron chi connectivity index (χ1n) is 9.59. The number of ether oxygens (including phenoxy) is 2. The van der Waals surface area contributed by atoms with Gasteiger partial charge in [0.15, 0.2) is 0 Å². The molecule has 2 aliphatic carbocycles. The molecule has 0 N–H and O–H groups in total. The summed E-state index contributed by atoms with van der Waals surface area (Å²) in [6.07, 6.45) is 6.07. The third kappa shape index (κ3) is 2.96. The highest BCUT2D eigenvalue weighted by Crippen LogP contribution is 2.60. The van der Waals surface area contributed by atoms with Crippen LogP contribution in [0.1, 0.15) is 58.4 Å². The molecule has 3 nitrogen and oxygen atoms in total. The maximum Gasteiger partial charge on any atom is 0.139 e. The van der Waals surface area contributed by atoms with Gasteiger partial charge in [0.2, 0.25) is 0 Å². The van der Waals surface area contributed by atoms with Gasteiger partial charge in [-0.1, -0.05) is 20.8 Å². The maximum atomic E-state index is 12.8. The average Bonchev–Trinajstić information content (AvgIpc) is 2.60. The number of carbonyl (C=O) groups excluding carboxylic acids is 1. The van der Waals surface area contributed by atoms with Crippen LogP contribution in [0, 0.1) is 22.7 Å². The molecule has 0 bridgehead atoms. The van der Waals surface area contributed by atoms with Gasteiger partial charge in [0.05, 0.1) is 14.2 Å². The molecule has 0 spiro atoms. The first-order valence-corrected chi connectivity index (χ1v) is 9.59. The van der Waals surface area contributed by atoms with Gasteiger partial charge in [0.25, 0.3) is 0 Å². The minimum absolute atomic E-state index is 0.0999. The topological polar surface area (TPSA) is 35.5 Å². The number of benzene rings is 1. The summed E-state index contributed by atoms with van der Waals surface area (Å²) < 4.78 is 11.1. The third-order valence-electron chi connectivity index (χ3n) is 7.38. The fourth-order valence-corrected chi connectivity index (χ4v) is 5.55. The quantitative estimate of drug-likeness (QED) is 0.766. The molecule has 3 heteroatoms. The maximum absolute atomic E-state index is 12.8. The number of rotatable bonds is 4. The minimum Gasteiger partial charge on any atom is -0.497 e. The second kappa shape index (κ2) is 6.66. The van der Waals surface area contributed by atoms with Gasteiger partial charge in [-0.2, -0.15) is 0 Å². The second-order valence-corrected chi connectivity index (χ2v) is 8.59. The molecular formula is C22H32O3. The highest BCUT2D eigenvalue weighted by molar-refractivity contribution is 5.85. The molecule has 0 aromatic heterocycles. The van der Waals surface area contributed by atoms with Gasteiger partial charge in [0.1, 0.15) is 17.3 Å². The lowest BCUT2D eigenvalue weighted by Gasteiger charge is -2.57. The van der Waals surface area contributed by atoms with Gasteiger partial charge < -0.3 is 9.47 Å². The number of fused-ring (bicyclic) bond motifs is 1. The molecule has 1 aromatic carbocycles. The van der Waals surface area contributed by atoms with Crippen LogP contribution in [0.15, 0.2) is 18.2 Å². The van der Waals surface area contributed by atoms with E-state index in [-0.39, 0.29) is 10.8 Å². The summed E-state index contributed by atoms with van der Waals surface area (Å²) in [5.74, 6) is 3.31. The Bertz CT molecular complexity index is 653. The lowest BCUT2D eigenvalue weighted by molar-refractivity contribution is -0.148. The molecular weight excluding hydrogens is 312 g/mol. The number of hydrogen-bond acceptors (Lipinski definition) is 3. The lowest BCUT2D eigenvalue weighted by Crippen LogP contribution is -2.54. The molecule has 1 aromatic rings. The molecule has 0 saturated heterocycles. The van der Waals surface area contributed by atoms with E-state index in [0.717, 1.165) is 50.0 Å². The van der Waals surface area contributed by atoms with Gasteiger partial charge in [-0.05, 0) is 73.1 Å². The minimum atomic E-state index is -0.147. The van der Waals surface area contributed by atoms with E-state index in [2.05, 4.69) is 26.8 Å². The van der Waals surface area contributed by atoms with Crippen LogP contribution in [0.25, 0.3) is 0 Å². The largest absolute Gasteiger partial charge is 0.497 e. The van der Waals surface area contributed by atoms with Gasteiger partial charge in [0, 0.05) is 11.8 Å². The molecule has 0 amide bonds. The summed E-state index contributed by atoms with van der Waals surface area (Å²) in [6.45, 7) is 6.99. The van der Waals surface area contributed by atoms with E-state index in [1.165, 1.54) is 5.56 Å². The van der Waals surface area contributed by atoms with Crippen molar-refractivity contribution in [3.63, 3.8) is 0 Å². The summed E-state index contributed by atoms with van der Waals surface area (Å²) in [4.78, 5) is 12.8. The van der Waals surface area contributed by atoms with E-state index < -0.39 is 0 Å². The normalized spacial score (nSPS) is 35.2. The van der Waals surface area contributed by atoms with Crippen LogP contribution in [0.4, 0.5) is 0 Å². The van der Waals surface area contributed by atoms with Crippen molar-refractivity contribution in [2.75, 3.05) is 14.2 Å². The monoisotopic (exact) mass is 344 g/mol. The smallest absolute Gasteiger partial charge is 0.139 e. The highest BCUT2D eigenvalue weighted by atomic mass is 16.5. The summed E-state index contributed by atoms with van der Waals surface area (Å²) in [7, 11) is 3.43. The molecule has 0 radical (unpaired) electrons. The van der Waals surface area contributed by atoms with Crippen molar-refractivity contribution >= 4 is 5.78 Å². The summed E-state index contributed by atoms with van der Waals surface area (Å²) in [6, 6.07) is 6.05. The first-order chi connectivity index (χ1) is 11.8. The number of methoxy groups -OCH3 is 2. The van der Waals surface area contributed by atoms with E-state index in [0.29, 0.717) is 17.6 Å². The van der Waals surface area contributed by atoms with E-state index in [1.54, 1.807) is 14.2 Å². The standard InChI is InChI=1S/C22H32O3/c1-15-11-12-21(2)19(7-6-8-20(21)23)22(15,3)14-16-13-17(24-4)9-10-18(16)25-5/h9-10,13,15,19H,6-8,11-12,14H2,1-5H3/t15-,19+,21+,22+/m0/s1. The molecule has 3 rings (SSSR count). The first kappa shape index (κ1) is 18.3. The molecule has 0 heterocycles. The Morgan fingerprint density at radius 3 is 2.60 bits per heavy atom. The van der Waals surface area contributed by atoms with Crippen molar-refractivity contribution in [1.82, 2.24) is 0 Å². The van der Waals surface area contributed by atoms with Crippen LogP contribution in [-0.2, 0) is 11.2 Å². The Morgan fingerprint density at radius 1 is 1.16 bits per heavy atom. The van der Waals surface area contributed by atoms with E-state index in [1.807, 2.05) is 12.1 Å². The SMILES string of the molecule is COc1ccc(OC)c(C[C@]2(C)[C@@H](C)CC[C@@]3(C)C(=O)CCC[C@@H]23)c1. The number of hydrogen-bond donors (Lipinski definition) is 0. The molecule has 4 atom stereocenters. The Hall–Kier alpha value is -1.51. The Balaban J connectivity index is 2.00. The van der Waals surface area contributed by atoms with Gasteiger partial charge in [-0.25, -0.2) is 0 Å². The Kier molecular flexibility index (Phi) is 4.87. The predicted octanol–water partition coefficient (Wildman–Crippen LogP) is 5.06. The molecule has 2 saturated carbocycles. The average molecular weight is 344 g/mol. The summed E-state index contributed by atoms with van der Waals surface area (Å²) >= 11 is 0. The lowest BCUT2D eigenvalue weighted by atomic mass is 9.46. The van der Waals surface area contributed by atoms with Crippen LogP contribution in [0.2, 0.25) is 0 Å². The number of carbonyl (C=O) groups is 1. The molecule has 0 unspecified atom stereocenters. The molecule has 2 fully saturated rings. The predicted molar refractivity (Wildman–Crippen MR) is 100 cm³/mol. The zero-order valence-corrected chi connectivity index (χ0v) is 16.4. The van der Waals surface area contributed by atoms with E-state index >= 15 is 0 Å². The fraction of sp³-hybridized carbons (Fsp3) is 0.682. The van der Waals surface area contributed by atoms with Crippen molar-refractivity contribution in [1.29, 1.82) is 0 Å². The summed E-state index contributed by atoms with van der Waals surface area (Å²) in [5, 5.41) is 0. The second-order valence-electron chi connectivity index (χ2n) is 8.59. The Labute approximate surface area is 152 Å². The zero-order chi connectivity index (χ0) is 18.2. The van der Waals surface area contributed by atoms with Crippen molar-refractivity contribution in [2.24, 2.45) is 22.7 Å². The van der Waals surface area contributed by atoms with Crippen LogP contribution in [0.5, 0.6) is 11.5 Å². The van der Waals surface area contributed by atoms with Crippen LogP contribution >= 0.6 is 0 Å². The third-order valence-corrected chi connectivity index (χ3v) is 7.38. The van der Waals surface area contributed by atoms with Crippen molar-refractivity contribution in [2.45, 2.75) is 59.3 Å². The van der Waals surface area contributed by atoms with E-state index in [4.69, 9.17) is 9.47 Å². The highest BCUT2D eigenvalue weighted by Gasteiger charge is 2.56. The van der Waals surface area contributed by atoms with Gasteiger partial charge in [-0.15, -0.1) is 0 Å². The number of Topliss-reactive ketones (excluding diaryl/α,β-unsaturated/α-hetero) is 1. The molecule has 2 aliphatic rings. The van der Waals surface area contributed by atoms with Crippen LogP contribution in [-0.4, -0.2) is 20.0 Å². The Morgan fingerprint density at radius 2 is 1.92 bits per heavy atom. The van der Waals surface area contributed by atoms with Crippen LogP contribution in [0.3, 0.4) is 0 Å². The van der Waals surface area contributed by atoms with Crippen molar-refractivity contribution in [3.05, 3.63) is 23.8 Å². The molecule has 138 valence electrons. The van der Waals surface area contributed by atoms with Crippen molar-refractivity contribution < 1.29 is 14.3 Å². The number of ketones is 1. The molecule has 25 heavy (non-hydrogen) atoms. The zero-order valence-electron chi connectivity index (χ0n) is 16.4. The van der Waals surface area contributed by atoms with Crippen LogP contribution < -0.4 is 9.47 Å². The van der Waals surface area contributed by atoms with Crippen molar-refractivity contribution in [3.8, 4) is 11.5 Å². The van der Waals surface area contributed by atoms with Gasteiger partial charge in [-0.3, -0.25) is 4.79 Å². The molecule has 0 aliphatic heterocycles. The van der Waals surface area contributed by atoms with E-state index in [9.17, 15) is 4.79 Å². The fourth-order valence-electron chi connectivity index (χ4n) is 5.55.